The number of methoxy groups -OCH3 is 1. The van der Waals surface area contributed by atoms with Crippen LogP contribution in [0.15, 0.2) is 42.6 Å². The van der Waals surface area contributed by atoms with Gasteiger partial charge in [0.25, 0.3) is 5.91 Å². The Morgan fingerprint density at radius 1 is 1.26 bits per heavy atom. The number of nitrogens with zero attached hydrogens (tertiary/aromatic N) is 1. The molecular weight excluding hydrogens is 288 g/mol. The molecule has 0 unspecified atom stereocenters. The van der Waals surface area contributed by atoms with Gasteiger partial charge in [0.1, 0.15) is 0 Å². The van der Waals surface area contributed by atoms with Gasteiger partial charge in [-0.1, -0.05) is 24.3 Å². The zero-order valence-corrected chi connectivity index (χ0v) is 13.4. The first-order chi connectivity index (χ1) is 11.3. The van der Waals surface area contributed by atoms with Crippen molar-refractivity contribution < 1.29 is 9.53 Å². The van der Waals surface area contributed by atoms with Crippen molar-refractivity contribution in [1.29, 1.82) is 0 Å². The number of aromatic nitrogens is 1. The van der Waals surface area contributed by atoms with Crippen LogP contribution in [-0.2, 0) is 24.2 Å². The number of carbonyl (C=O) groups excluding carboxylic acids is 1. The van der Waals surface area contributed by atoms with E-state index in [9.17, 15) is 4.79 Å². The molecule has 4 heteroatoms. The van der Waals surface area contributed by atoms with Gasteiger partial charge >= 0.3 is 0 Å². The largest absolute Gasteiger partial charge is 0.378 e. The van der Waals surface area contributed by atoms with Crippen molar-refractivity contribution in [2.24, 2.45) is 0 Å². The predicted molar refractivity (Wildman–Crippen MR) is 89.3 cm³/mol. The van der Waals surface area contributed by atoms with Gasteiger partial charge in [0.15, 0.2) is 0 Å². The lowest BCUT2D eigenvalue weighted by Crippen LogP contribution is -2.36. The van der Waals surface area contributed by atoms with Crippen molar-refractivity contribution in [3.05, 3.63) is 65.0 Å². The minimum absolute atomic E-state index is 0.0501. The molecule has 1 atom stereocenters. The van der Waals surface area contributed by atoms with Gasteiger partial charge in [-0.2, -0.15) is 0 Å². The number of pyridine rings is 1. The van der Waals surface area contributed by atoms with Crippen LogP contribution in [-0.4, -0.2) is 24.0 Å². The third kappa shape index (κ3) is 3.96. The standard InChI is InChI=1S/C19H22N2O2/c1-23-13-18-10-9-16(12-20-18)19(22)21-17-8-4-7-14-5-2-3-6-15(14)11-17/h2-3,5-6,9-10,12,17H,4,7-8,11,13H2,1H3,(H,21,22)/t17-/m0/s1. The average molecular weight is 310 g/mol. The summed E-state index contributed by atoms with van der Waals surface area (Å²) in [6, 6.07) is 12.3. The predicted octanol–water partition coefficient (Wildman–Crippen LogP) is 2.91. The number of fused-ring (bicyclic) bond motifs is 1. The molecule has 1 amide bonds. The Bertz CT molecular complexity index is 667. The number of nitrogens with one attached hydrogen (secondary N) is 1. The molecule has 23 heavy (non-hydrogen) atoms. The lowest BCUT2D eigenvalue weighted by atomic mass is 10.0. The lowest BCUT2D eigenvalue weighted by molar-refractivity contribution is 0.0934. The maximum absolute atomic E-state index is 12.4. The van der Waals surface area contributed by atoms with Gasteiger partial charge in [-0.25, -0.2) is 0 Å². The van der Waals surface area contributed by atoms with Crippen molar-refractivity contribution in [2.75, 3.05) is 7.11 Å². The van der Waals surface area contributed by atoms with Gasteiger partial charge in [-0.3, -0.25) is 9.78 Å². The Morgan fingerprint density at radius 2 is 2.09 bits per heavy atom. The molecule has 1 aliphatic carbocycles. The van der Waals surface area contributed by atoms with Crippen molar-refractivity contribution in [1.82, 2.24) is 10.3 Å². The molecule has 1 heterocycles. The molecular formula is C19H22N2O2. The zero-order valence-electron chi connectivity index (χ0n) is 13.4. The number of amides is 1. The van der Waals surface area contributed by atoms with Crippen molar-refractivity contribution >= 4 is 5.91 Å². The highest BCUT2D eigenvalue weighted by molar-refractivity contribution is 5.94. The third-order valence-corrected chi connectivity index (χ3v) is 4.30. The molecule has 0 saturated carbocycles. The Morgan fingerprint density at radius 3 is 2.83 bits per heavy atom. The number of benzene rings is 1. The van der Waals surface area contributed by atoms with Gasteiger partial charge in [0.2, 0.25) is 0 Å². The first-order valence-electron chi connectivity index (χ1n) is 8.08. The summed E-state index contributed by atoms with van der Waals surface area (Å²) in [5.41, 5.74) is 4.19. The minimum atomic E-state index is -0.0501. The highest BCUT2D eigenvalue weighted by atomic mass is 16.5. The van der Waals surface area contributed by atoms with E-state index in [1.807, 2.05) is 6.07 Å². The van der Waals surface area contributed by atoms with E-state index in [0.29, 0.717) is 12.2 Å². The first kappa shape index (κ1) is 15.7. The van der Waals surface area contributed by atoms with Crippen molar-refractivity contribution in [2.45, 2.75) is 38.3 Å². The quantitative estimate of drug-likeness (QED) is 0.884. The van der Waals surface area contributed by atoms with Crippen LogP contribution in [0, 0.1) is 0 Å². The van der Waals surface area contributed by atoms with E-state index >= 15 is 0 Å². The van der Waals surface area contributed by atoms with Crippen molar-refractivity contribution in [3.8, 4) is 0 Å². The van der Waals surface area contributed by atoms with E-state index in [1.165, 1.54) is 11.1 Å². The molecule has 4 nitrogen and oxygen atoms in total. The van der Waals surface area contributed by atoms with Crippen molar-refractivity contribution in [3.63, 3.8) is 0 Å². The molecule has 0 aliphatic heterocycles. The van der Waals surface area contributed by atoms with Crippen LogP contribution < -0.4 is 5.32 Å². The van der Waals surface area contributed by atoms with E-state index in [4.69, 9.17) is 4.74 Å². The monoisotopic (exact) mass is 310 g/mol. The Balaban J connectivity index is 1.65. The Hall–Kier alpha value is -2.20. The van der Waals surface area contributed by atoms with Crippen LogP contribution >= 0.6 is 0 Å². The number of hydrogen-bond acceptors (Lipinski definition) is 3. The van der Waals surface area contributed by atoms with Crippen LogP contribution in [0.5, 0.6) is 0 Å². The molecule has 1 N–H and O–H groups in total. The first-order valence-corrected chi connectivity index (χ1v) is 8.08. The zero-order chi connectivity index (χ0) is 16.1. The van der Waals surface area contributed by atoms with Crippen LogP contribution in [0.25, 0.3) is 0 Å². The highest BCUT2D eigenvalue weighted by Gasteiger charge is 2.19. The molecule has 0 fully saturated rings. The Kier molecular flexibility index (Phi) is 5.03. The second-order valence-electron chi connectivity index (χ2n) is 6.01. The summed E-state index contributed by atoms with van der Waals surface area (Å²) in [5, 5.41) is 3.16. The second kappa shape index (κ2) is 7.38. The fraction of sp³-hybridized carbons (Fsp3) is 0.368. The number of hydrogen-bond donors (Lipinski definition) is 1. The number of aryl methyl sites for hydroxylation is 1. The van der Waals surface area contributed by atoms with Gasteiger partial charge in [0.05, 0.1) is 17.9 Å². The normalized spacial score (nSPS) is 17.2. The average Bonchev–Trinajstić information content (AvgIpc) is 2.77. The van der Waals surface area contributed by atoms with E-state index < -0.39 is 0 Å². The molecule has 1 aromatic carbocycles. The van der Waals surface area contributed by atoms with Gasteiger partial charge in [-0.05, 0) is 48.9 Å². The number of carbonyl (C=O) groups is 1. The molecule has 1 aliphatic rings. The van der Waals surface area contributed by atoms with Crippen LogP contribution in [0.1, 0.15) is 40.0 Å². The van der Waals surface area contributed by atoms with Gasteiger partial charge < -0.3 is 10.1 Å². The lowest BCUT2D eigenvalue weighted by Gasteiger charge is -2.17. The minimum Gasteiger partial charge on any atom is -0.378 e. The molecule has 120 valence electrons. The maximum Gasteiger partial charge on any atom is 0.253 e. The molecule has 2 aromatic rings. The number of ether oxygens (including phenoxy) is 1. The molecule has 3 rings (SSSR count). The Labute approximate surface area is 136 Å². The topological polar surface area (TPSA) is 51.2 Å². The van der Waals surface area contributed by atoms with Crippen LogP contribution in [0.3, 0.4) is 0 Å². The van der Waals surface area contributed by atoms with E-state index in [-0.39, 0.29) is 11.9 Å². The fourth-order valence-electron chi connectivity index (χ4n) is 3.09. The number of rotatable bonds is 4. The summed E-state index contributed by atoms with van der Waals surface area (Å²) in [5.74, 6) is -0.0501. The molecule has 0 saturated heterocycles. The second-order valence-corrected chi connectivity index (χ2v) is 6.01. The maximum atomic E-state index is 12.4. The highest BCUT2D eigenvalue weighted by Crippen LogP contribution is 2.20. The summed E-state index contributed by atoms with van der Waals surface area (Å²) >= 11 is 0. The molecule has 0 bridgehead atoms. The van der Waals surface area contributed by atoms with E-state index in [2.05, 4.69) is 34.6 Å². The SMILES string of the molecule is COCc1ccc(C(=O)N[C@H]2CCCc3ccccc3C2)cn1. The van der Waals surface area contributed by atoms with Crippen LogP contribution in [0.2, 0.25) is 0 Å². The summed E-state index contributed by atoms with van der Waals surface area (Å²) in [6.07, 6.45) is 5.73. The summed E-state index contributed by atoms with van der Waals surface area (Å²) in [6.45, 7) is 0.460. The van der Waals surface area contributed by atoms with E-state index in [1.54, 1.807) is 19.4 Å². The summed E-state index contributed by atoms with van der Waals surface area (Å²) < 4.78 is 5.03. The summed E-state index contributed by atoms with van der Waals surface area (Å²) in [7, 11) is 1.63. The smallest absolute Gasteiger partial charge is 0.253 e. The fourth-order valence-corrected chi connectivity index (χ4v) is 3.09. The van der Waals surface area contributed by atoms with Gasteiger partial charge in [0, 0.05) is 19.3 Å². The molecule has 1 aromatic heterocycles. The third-order valence-electron chi connectivity index (χ3n) is 4.30. The summed E-state index contributed by atoms with van der Waals surface area (Å²) in [4.78, 5) is 16.7. The van der Waals surface area contributed by atoms with Gasteiger partial charge in [-0.15, -0.1) is 0 Å². The van der Waals surface area contributed by atoms with E-state index in [0.717, 1.165) is 31.4 Å². The van der Waals surface area contributed by atoms with Crippen LogP contribution in [0.4, 0.5) is 0 Å². The molecule has 0 spiro atoms. The molecule has 0 radical (unpaired) electrons.